The molecule has 1 aliphatic rings. The lowest BCUT2D eigenvalue weighted by molar-refractivity contribution is 0.146. The van der Waals surface area contributed by atoms with Crippen LogP contribution in [0.15, 0.2) is 10.7 Å². The van der Waals surface area contributed by atoms with Crippen LogP contribution in [-0.2, 0) is 0 Å². The maximum Gasteiger partial charge on any atom is 0.283 e. The van der Waals surface area contributed by atoms with Crippen molar-refractivity contribution in [3.05, 3.63) is 17.8 Å². The van der Waals surface area contributed by atoms with E-state index >= 15 is 0 Å². The fourth-order valence-electron chi connectivity index (χ4n) is 1.65. The highest BCUT2D eigenvalue weighted by Crippen LogP contribution is 2.25. The van der Waals surface area contributed by atoms with Crippen LogP contribution in [0.3, 0.4) is 0 Å². The van der Waals surface area contributed by atoms with Crippen molar-refractivity contribution >= 4 is 0 Å². The van der Waals surface area contributed by atoms with Crippen LogP contribution in [0.5, 0.6) is 0 Å². The van der Waals surface area contributed by atoms with Gasteiger partial charge in [-0.05, 0) is 19.4 Å². The molecule has 1 aromatic heterocycles. The largest absolute Gasteiger partial charge is 0.448 e. The predicted octanol–water partition coefficient (Wildman–Crippen LogP) is 2.08. The Balaban J connectivity index is 2.07. The minimum atomic E-state index is -2.54. The molecule has 1 unspecified atom stereocenters. The number of alkyl halides is 2. The highest BCUT2D eigenvalue weighted by Gasteiger charge is 2.22. The van der Waals surface area contributed by atoms with Gasteiger partial charge in [0.2, 0.25) is 0 Å². The fourth-order valence-corrected chi connectivity index (χ4v) is 1.65. The Labute approximate surface area is 80.5 Å². The second-order valence-corrected chi connectivity index (χ2v) is 3.45. The maximum absolute atomic E-state index is 12.2. The zero-order valence-corrected chi connectivity index (χ0v) is 7.67. The molecule has 1 atom stereocenters. The minimum Gasteiger partial charge on any atom is -0.448 e. The topological polar surface area (TPSA) is 38.1 Å². The van der Waals surface area contributed by atoms with Gasteiger partial charge < -0.3 is 9.73 Å². The summed E-state index contributed by atoms with van der Waals surface area (Å²) in [6.45, 7) is 1.75. The molecule has 3 nitrogen and oxygen atoms in total. The third-order valence-corrected chi connectivity index (χ3v) is 2.41. The maximum atomic E-state index is 12.2. The molecule has 0 aliphatic carbocycles. The number of oxazole rings is 1. The van der Waals surface area contributed by atoms with Gasteiger partial charge in [0.05, 0.1) is 0 Å². The molecular formula is C9H12F2N2O. The van der Waals surface area contributed by atoms with Crippen LogP contribution in [0.4, 0.5) is 8.78 Å². The Bertz CT molecular complexity index is 295. The van der Waals surface area contributed by atoms with Crippen molar-refractivity contribution < 1.29 is 13.2 Å². The molecule has 0 saturated carbocycles. The van der Waals surface area contributed by atoms with Crippen molar-refractivity contribution in [3.63, 3.8) is 0 Å². The van der Waals surface area contributed by atoms with Crippen molar-refractivity contribution in [3.8, 4) is 0 Å². The van der Waals surface area contributed by atoms with E-state index in [4.69, 9.17) is 4.42 Å². The summed E-state index contributed by atoms with van der Waals surface area (Å²) in [7, 11) is 0. The number of aromatic nitrogens is 1. The number of hydrogen-bond donors (Lipinski definition) is 1. The molecule has 14 heavy (non-hydrogen) atoms. The molecule has 5 heteroatoms. The van der Waals surface area contributed by atoms with E-state index in [1.807, 2.05) is 0 Å². The highest BCUT2D eigenvalue weighted by atomic mass is 19.3. The summed E-state index contributed by atoms with van der Waals surface area (Å²) >= 11 is 0. The van der Waals surface area contributed by atoms with E-state index < -0.39 is 6.43 Å². The molecule has 0 amide bonds. The average molecular weight is 202 g/mol. The van der Waals surface area contributed by atoms with Gasteiger partial charge in [-0.15, -0.1) is 0 Å². The number of hydrogen-bond acceptors (Lipinski definition) is 3. The van der Waals surface area contributed by atoms with E-state index in [0.717, 1.165) is 32.2 Å². The van der Waals surface area contributed by atoms with E-state index in [-0.39, 0.29) is 11.6 Å². The molecule has 78 valence electrons. The highest BCUT2D eigenvalue weighted by molar-refractivity contribution is 5.03. The van der Waals surface area contributed by atoms with Gasteiger partial charge in [0, 0.05) is 12.5 Å². The summed E-state index contributed by atoms with van der Waals surface area (Å²) in [5, 5.41) is 3.18. The standard InChI is InChI=1S/C9H12F2N2O/c10-8(11)7-5-14-9(13-7)6-2-1-3-12-4-6/h5-6,8,12H,1-4H2. The molecule has 0 spiro atoms. The first-order valence-corrected chi connectivity index (χ1v) is 4.71. The molecule has 0 aromatic carbocycles. The van der Waals surface area contributed by atoms with Crippen molar-refractivity contribution in [1.82, 2.24) is 10.3 Å². The van der Waals surface area contributed by atoms with Crippen LogP contribution < -0.4 is 5.32 Å². The molecule has 1 saturated heterocycles. The first-order valence-electron chi connectivity index (χ1n) is 4.71. The number of rotatable bonds is 2. The summed E-state index contributed by atoms with van der Waals surface area (Å²) in [5.74, 6) is 0.587. The normalized spacial score (nSPS) is 22.9. The lowest BCUT2D eigenvalue weighted by Crippen LogP contribution is -2.28. The van der Waals surface area contributed by atoms with Gasteiger partial charge in [-0.25, -0.2) is 13.8 Å². The summed E-state index contributed by atoms with van der Waals surface area (Å²) in [6.07, 6.45) is 0.506. The van der Waals surface area contributed by atoms with Crippen LogP contribution in [0.2, 0.25) is 0 Å². The predicted molar refractivity (Wildman–Crippen MR) is 46.3 cm³/mol. The number of halogens is 2. The molecule has 2 heterocycles. The van der Waals surface area contributed by atoms with Crippen molar-refractivity contribution in [1.29, 1.82) is 0 Å². The molecule has 1 N–H and O–H groups in total. The van der Waals surface area contributed by atoms with E-state index in [0.29, 0.717) is 5.89 Å². The quantitative estimate of drug-likeness (QED) is 0.797. The first kappa shape index (κ1) is 9.58. The van der Waals surface area contributed by atoms with E-state index in [2.05, 4.69) is 10.3 Å². The monoisotopic (exact) mass is 202 g/mol. The molecule has 1 aliphatic heterocycles. The smallest absolute Gasteiger partial charge is 0.283 e. The zero-order valence-electron chi connectivity index (χ0n) is 7.67. The molecular weight excluding hydrogens is 190 g/mol. The molecule has 2 rings (SSSR count). The third-order valence-electron chi connectivity index (χ3n) is 2.41. The SMILES string of the molecule is FC(F)c1coc(C2CCCNC2)n1. The number of piperidine rings is 1. The van der Waals surface area contributed by atoms with Gasteiger partial charge in [0.1, 0.15) is 12.0 Å². The second kappa shape index (κ2) is 4.04. The molecule has 0 radical (unpaired) electrons. The average Bonchev–Trinajstić information content (AvgIpc) is 2.68. The third kappa shape index (κ3) is 1.92. The summed E-state index contributed by atoms with van der Waals surface area (Å²) in [6, 6.07) is 0. The zero-order chi connectivity index (χ0) is 9.97. The van der Waals surface area contributed by atoms with Crippen LogP contribution in [-0.4, -0.2) is 18.1 Å². The van der Waals surface area contributed by atoms with Crippen molar-refractivity contribution in [2.45, 2.75) is 25.2 Å². The summed E-state index contributed by atoms with van der Waals surface area (Å²) in [5.41, 5.74) is -0.259. The van der Waals surface area contributed by atoms with E-state index in [1.165, 1.54) is 0 Å². The van der Waals surface area contributed by atoms with Crippen molar-refractivity contribution in [2.75, 3.05) is 13.1 Å². The van der Waals surface area contributed by atoms with Crippen LogP contribution in [0.1, 0.15) is 36.8 Å². The summed E-state index contributed by atoms with van der Waals surface area (Å²) < 4.78 is 29.5. The van der Waals surface area contributed by atoms with E-state index in [1.54, 1.807) is 0 Å². The van der Waals surface area contributed by atoms with Crippen LogP contribution in [0.25, 0.3) is 0 Å². The molecule has 0 bridgehead atoms. The number of nitrogens with one attached hydrogen (secondary N) is 1. The minimum absolute atomic E-state index is 0.149. The van der Waals surface area contributed by atoms with Gasteiger partial charge >= 0.3 is 0 Å². The fraction of sp³-hybridized carbons (Fsp3) is 0.667. The Hall–Kier alpha value is -0.970. The lowest BCUT2D eigenvalue weighted by Gasteiger charge is -2.19. The Kier molecular flexibility index (Phi) is 2.77. The Morgan fingerprint density at radius 2 is 2.43 bits per heavy atom. The van der Waals surface area contributed by atoms with E-state index in [9.17, 15) is 8.78 Å². The van der Waals surface area contributed by atoms with Gasteiger partial charge in [-0.3, -0.25) is 0 Å². The number of nitrogens with zero attached hydrogens (tertiary/aromatic N) is 1. The Morgan fingerprint density at radius 3 is 3.00 bits per heavy atom. The second-order valence-electron chi connectivity index (χ2n) is 3.45. The van der Waals surface area contributed by atoms with Gasteiger partial charge in [-0.1, -0.05) is 0 Å². The summed E-state index contributed by atoms with van der Waals surface area (Å²) in [4.78, 5) is 3.78. The van der Waals surface area contributed by atoms with Crippen LogP contribution in [0, 0.1) is 0 Å². The molecule has 1 fully saturated rings. The molecule has 1 aromatic rings. The van der Waals surface area contributed by atoms with Crippen LogP contribution >= 0.6 is 0 Å². The Morgan fingerprint density at radius 1 is 1.57 bits per heavy atom. The van der Waals surface area contributed by atoms with Gasteiger partial charge in [0.15, 0.2) is 5.89 Å². The van der Waals surface area contributed by atoms with Gasteiger partial charge in [-0.2, -0.15) is 0 Å². The first-order chi connectivity index (χ1) is 6.77. The van der Waals surface area contributed by atoms with Crippen molar-refractivity contribution in [2.24, 2.45) is 0 Å². The van der Waals surface area contributed by atoms with Gasteiger partial charge in [0.25, 0.3) is 6.43 Å². The lowest BCUT2D eigenvalue weighted by atomic mass is 10.00.